The molecule has 9 aromatic carbocycles. The second-order valence-corrected chi connectivity index (χ2v) is 18.5. The zero-order valence-corrected chi connectivity index (χ0v) is 42.8. The van der Waals surface area contributed by atoms with E-state index in [1.807, 2.05) is 24.3 Å². The number of hydrogen-bond donors (Lipinski definition) is 0. The molecule has 0 unspecified atom stereocenters. The molecule has 0 aliphatic heterocycles. The Labute approximate surface area is 433 Å². The first-order valence-electron chi connectivity index (χ1n) is 24.2. The van der Waals surface area contributed by atoms with E-state index in [4.69, 9.17) is 9.40 Å². The minimum Gasteiger partial charge on any atom is -0.501 e. The van der Waals surface area contributed by atoms with Crippen LogP contribution in [0.15, 0.2) is 223 Å². The summed E-state index contributed by atoms with van der Waals surface area (Å²) in [6.45, 7) is 9.18. The molecule has 6 heteroatoms. The van der Waals surface area contributed by atoms with Crippen molar-refractivity contribution in [3.8, 4) is 72.8 Å². The Balaban J connectivity index is 0.000000370. The molecule has 0 aliphatic carbocycles. The average molecular weight is 1110 g/mol. The third kappa shape index (κ3) is 9.47. The molecule has 3 heterocycles. The first kappa shape index (κ1) is 47.6. The predicted molar refractivity (Wildman–Crippen MR) is 291 cm³/mol. The first-order chi connectivity index (χ1) is 34.8. The molecule has 0 aliphatic rings. The standard InChI is InChI=1S/C55H43N2O.C11H7FN.Ir/c1-35(2)48-32-44(40-27-25-39(26-28-40)37-15-7-5-8-16-37)33-49(36(3)4)53(48)57-51-24-12-11-23-50(51)56-55(57)47-22-14-21-46-45-30-29-43(34-52(45)58-54(46)47)42-20-13-19-41(31-42)38-17-9-6-10-18-38;12-10-6-4-9(5-7-10)11-3-1-2-8-13-11;/h5-21,23-36H,1-4H3;1-4,6-8H;/q2*-1;. The number of halogens is 1. The van der Waals surface area contributed by atoms with Crippen LogP contribution in [0.2, 0.25) is 0 Å². The summed E-state index contributed by atoms with van der Waals surface area (Å²) >= 11 is 0. The Bertz CT molecular complexity index is 3780. The number of pyridine rings is 1. The van der Waals surface area contributed by atoms with Crippen LogP contribution in [0.3, 0.4) is 0 Å². The van der Waals surface area contributed by atoms with Crippen molar-refractivity contribution < 1.29 is 28.9 Å². The maximum atomic E-state index is 12.6. The molecule has 72 heavy (non-hydrogen) atoms. The van der Waals surface area contributed by atoms with Gasteiger partial charge in [0.2, 0.25) is 0 Å². The van der Waals surface area contributed by atoms with E-state index in [0.29, 0.717) is 0 Å². The second-order valence-electron chi connectivity index (χ2n) is 18.5. The van der Waals surface area contributed by atoms with Gasteiger partial charge in [0.1, 0.15) is 5.58 Å². The molecule has 353 valence electrons. The Morgan fingerprint density at radius 3 is 1.75 bits per heavy atom. The van der Waals surface area contributed by atoms with E-state index < -0.39 is 0 Å². The van der Waals surface area contributed by atoms with Gasteiger partial charge in [-0.15, -0.1) is 48.0 Å². The van der Waals surface area contributed by atoms with Crippen LogP contribution in [0.25, 0.3) is 106 Å². The van der Waals surface area contributed by atoms with Gasteiger partial charge in [0.05, 0.1) is 22.4 Å². The van der Waals surface area contributed by atoms with Crippen LogP contribution in [0.1, 0.15) is 50.7 Å². The van der Waals surface area contributed by atoms with Crippen LogP contribution in [0, 0.1) is 17.9 Å². The van der Waals surface area contributed by atoms with E-state index in [0.717, 1.165) is 66.7 Å². The molecule has 0 spiro atoms. The molecule has 1 radical (unpaired) electrons. The minimum atomic E-state index is -0.278. The van der Waals surface area contributed by atoms with Crippen LogP contribution < -0.4 is 0 Å². The first-order valence-corrected chi connectivity index (χ1v) is 24.2. The van der Waals surface area contributed by atoms with Crippen LogP contribution >= 0.6 is 0 Å². The van der Waals surface area contributed by atoms with E-state index in [-0.39, 0.29) is 37.8 Å². The quantitative estimate of drug-likeness (QED) is 0.135. The van der Waals surface area contributed by atoms with Gasteiger partial charge in [-0.3, -0.25) is 9.37 Å². The third-order valence-electron chi connectivity index (χ3n) is 13.2. The van der Waals surface area contributed by atoms with Crippen molar-refractivity contribution >= 4 is 33.0 Å². The summed E-state index contributed by atoms with van der Waals surface area (Å²) in [7, 11) is 0. The summed E-state index contributed by atoms with van der Waals surface area (Å²) in [5.74, 6) is 1.04. The van der Waals surface area contributed by atoms with Crippen molar-refractivity contribution in [1.82, 2.24) is 14.5 Å². The van der Waals surface area contributed by atoms with E-state index >= 15 is 0 Å². The van der Waals surface area contributed by atoms with Crippen LogP contribution in [-0.4, -0.2) is 14.5 Å². The van der Waals surface area contributed by atoms with E-state index in [1.54, 1.807) is 12.3 Å². The predicted octanol–water partition coefficient (Wildman–Crippen LogP) is 18.0. The zero-order chi connectivity index (χ0) is 48.4. The third-order valence-corrected chi connectivity index (χ3v) is 13.2. The fraction of sp³-hybridized carbons (Fsp3) is 0.0909. The summed E-state index contributed by atoms with van der Waals surface area (Å²) in [6.07, 6.45) is 1.70. The van der Waals surface area contributed by atoms with E-state index in [2.05, 4.69) is 219 Å². The Morgan fingerprint density at radius 1 is 0.514 bits per heavy atom. The number of para-hydroxylation sites is 2. The van der Waals surface area contributed by atoms with Gasteiger partial charge in [-0.2, -0.15) is 0 Å². The van der Waals surface area contributed by atoms with Crippen molar-refractivity contribution in [2.24, 2.45) is 0 Å². The minimum absolute atomic E-state index is 0. The number of furan rings is 1. The topological polar surface area (TPSA) is 43.9 Å². The smallest absolute Gasteiger partial charge is 0.121 e. The molecule has 3 aromatic heterocycles. The van der Waals surface area contributed by atoms with Gasteiger partial charge in [-0.25, -0.2) is 0 Å². The van der Waals surface area contributed by atoms with Crippen molar-refractivity contribution in [3.05, 3.63) is 248 Å². The molecule has 0 fully saturated rings. The Morgan fingerprint density at radius 2 is 1.10 bits per heavy atom. The van der Waals surface area contributed by atoms with Gasteiger partial charge < -0.3 is 14.0 Å². The molecular formula is C66H50FIrN3O-2. The molecule has 0 N–H and O–H groups in total. The van der Waals surface area contributed by atoms with Gasteiger partial charge in [-0.1, -0.05) is 178 Å². The van der Waals surface area contributed by atoms with Crippen LogP contribution in [0.4, 0.5) is 4.39 Å². The number of imidazole rings is 1. The van der Waals surface area contributed by atoms with E-state index in [1.165, 1.54) is 62.3 Å². The van der Waals surface area contributed by atoms with Crippen molar-refractivity contribution in [3.63, 3.8) is 0 Å². The molecule has 4 nitrogen and oxygen atoms in total. The number of fused-ring (bicyclic) bond motifs is 4. The molecule has 12 aromatic rings. The average Bonchev–Trinajstić information content (AvgIpc) is 4.00. The Hall–Kier alpha value is -8.02. The number of aromatic nitrogens is 3. The number of benzene rings is 9. The summed E-state index contributed by atoms with van der Waals surface area (Å²) in [5.41, 5.74) is 19.3. The van der Waals surface area contributed by atoms with Gasteiger partial charge in [0.15, 0.2) is 0 Å². The second kappa shape index (κ2) is 20.7. The molecule has 0 amide bonds. The molecule has 0 saturated carbocycles. The van der Waals surface area contributed by atoms with Crippen LogP contribution in [-0.2, 0) is 20.1 Å². The van der Waals surface area contributed by atoms with Crippen LogP contribution in [0.5, 0.6) is 0 Å². The molecular weight excluding hydrogens is 1060 g/mol. The molecule has 0 bridgehead atoms. The van der Waals surface area contributed by atoms with E-state index in [9.17, 15) is 4.39 Å². The van der Waals surface area contributed by atoms with Crippen molar-refractivity contribution in [2.75, 3.05) is 0 Å². The molecule has 12 rings (SSSR count). The van der Waals surface area contributed by atoms with Gasteiger partial charge in [-0.05, 0) is 116 Å². The number of rotatable bonds is 9. The SMILES string of the molecule is CC(C)c1cc(-c2ccc(-c3ccccc3)cc2)cc(C(C)C)c1-n1c(-c2[c-]ccc3c2oc2cc(-c4cccc(-c5ccccc5)c4)ccc23)nc2ccccc21.Fc1c[c-]c(-c2ccccn2)cc1.[Ir]. The largest absolute Gasteiger partial charge is 0.501 e. The summed E-state index contributed by atoms with van der Waals surface area (Å²) in [6, 6.07) is 79.1. The molecule has 0 atom stereocenters. The Kier molecular flexibility index (Phi) is 13.7. The molecule has 0 saturated heterocycles. The van der Waals surface area contributed by atoms with Crippen molar-refractivity contribution in [2.45, 2.75) is 39.5 Å². The monoisotopic (exact) mass is 1110 g/mol. The van der Waals surface area contributed by atoms with Crippen molar-refractivity contribution in [1.29, 1.82) is 0 Å². The maximum absolute atomic E-state index is 12.6. The van der Waals surface area contributed by atoms with Gasteiger partial charge in [0.25, 0.3) is 0 Å². The fourth-order valence-electron chi connectivity index (χ4n) is 9.57. The zero-order valence-electron chi connectivity index (χ0n) is 40.4. The maximum Gasteiger partial charge on any atom is 0.121 e. The summed E-state index contributed by atoms with van der Waals surface area (Å²) in [4.78, 5) is 9.50. The normalized spacial score (nSPS) is 11.3. The summed E-state index contributed by atoms with van der Waals surface area (Å²) < 4.78 is 21.8. The number of hydrogen-bond acceptors (Lipinski definition) is 3. The van der Waals surface area contributed by atoms with Gasteiger partial charge >= 0.3 is 0 Å². The summed E-state index contributed by atoms with van der Waals surface area (Å²) in [5, 5.41) is 2.12. The number of nitrogens with zero attached hydrogens (tertiary/aromatic N) is 3. The van der Waals surface area contributed by atoms with Gasteiger partial charge in [0, 0.05) is 43.2 Å². The fourth-order valence-corrected chi connectivity index (χ4v) is 9.57.